The van der Waals surface area contributed by atoms with E-state index in [2.05, 4.69) is 46.3 Å². The molecule has 0 bridgehead atoms. The Labute approximate surface area is 115 Å². The van der Waals surface area contributed by atoms with E-state index in [1.54, 1.807) is 0 Å². The first-order chi connectivity index (χ1) is 9.42. The Balaban J connectivity index is 1.55. The van der Waals surface area contributed by atoms with E-state index in [4.69, 9.17) is 0 Å². The van der Waals surface area contributed by atoms with Crippen LogP contribution in [-0.4, -0.2) is 18.1 Å². The zero-order valence-corrected chi connectivity index (χ0v) is 11.2. The monoisotopic (exact) mass is 252 g/mol. The zero-order valence-electron chi connectivity index (χ0n) is 11.2. The van der Waals surface area contributed by atoms with Gasteiger partial charge in [0.1, 0.15) is 0 Å². The van der Waals surface area contributed by atoms with Crippen LogP contribution in [0, 0.1) is 5.92 Å². The van der Waals surface area contributed by atoms with Crippen molar-refractivity contribution in [1.29, 1.82) is 0 Å². The van der Waals surface area contributed by atoms with Crippen molar-refractivity contribution in [1.82, 2.24) is 4.98 Å². The lowest BCUT2D eigenvalue weighted by molar-refractivity contribution is 0.403. The molecule has 0 N–H and O–H groups in total. The average Bonchev–Trinajstić information content (AvgIpc) is 2.50. The summed E-state index contributed by atoms with van der Waals surface area (Å²) in [4.78, 5) is 6.66. The first-order valence-corrected chi connectivity index (χ1v) is 7.11. The van der Waals surface area contributed by atoms with E-state index < -0.39 is 0 Å². The number of pyridine rings is 1. The second-order valence-corrected chi connectivity index (χ2v) is 5.33. The predicted molar refractivity (Wildman–Crippen MR) is 79.3 cm³/mol. The van der Waals surface area contributed by atoms with Crippen LogP contribution in [0.15, 0.2) is 54.9 Å². The lowest BCUT2D eigenvalue weighted by Crippen LogP contribution is -2.34. The summed E-state index contributed by atoms with van der Waals surface area (Å²) in [5.41, 5.74) is 2.74. The molecule has 1 fully saturated rings. The maximum atomic E-state index is 4.20. The van der Waals surface area contributed by atoms with Gasteiger partial charge in [-0.15, -0.1) is 0 Å². The minimum Gasteiger partial charge on any atom is -0.370 e. The van der Waals surface area contributed by atoms with E-state index in [0.717, 1.165) is 19.0 Å². The molecule has 19 heavy (non-hydrogen) atoms. The van der Waals surface area contributed by atoms with E-state index in [-0.39, 0.29) is 0 Å². The Bertz CT molecular complexity index is 487. The number of hydrogen-bond donors (Lipinski definition) is 0. The molecule has 0 amide bonds. The fourth-order valence-electron chi connectivity index (χ4n) is 2.88. The SMILES string of the molecule is c1ccc(CC2CCN(c3cccnc3)CC2)cc1. The van der Waals surface area contributed by atoms with Crippen molar-refractivity contribution < 1.29 is 0 Å². The molecule has 2 heteroatoms. The number of nitrogens with zero attached hydrogens (tertiary/aromatic N) is 2. The van der Waals surface area contributed by atoms with Crippen molar-refractivity contribution in [2.75, 3.05) is 18.0 Å². The molecule has 2 heterocycles. The van der Waals surface area contributed by atoms with Crippen LogP contribution in [0.5, 0.6) is 0 Å². The Kier molecular flexibility index (Phi) is 3.78. The van der Waals surface area contributed by atoms with Crippen molar-refractivity contribution in [2.45, 2.75) is 19.3 Å². The van der Waals surface area contributed by atoms with Gasteiger partial charge in [0.05, 0.1) is 11.9 Å². The standard InChI is InChI=1S/C17H20N2/c1-2-5-15(6-3-1)13-16-8-11-19(12-9-16)17-7-4-10-18-14-17/h1-7,10,14,16H,8-9,11-13H2. The quantitative estimate of drug-likeness (QED) is 0.830. The van der Waals surface area contributed by atoms with Crippen molar-refractivity contribution in [2.24, 2.45) is 5.92 Å². The Morgan fingerprint density at radius 2 is 1.79 bits per heavy atom. The Morgan fingerprint density at radius 3 is 2.47 bits per heavy atom. The lowest BCUT2D eigenvalue weighted by Gasteiger charge is -2.33. The molecule has 98 valence electrons. The molecule has 2 aromatic rings. The molecule has 1 aromatic carbocycles. The predicted octanol–water partition coefficient (Wildman–Crippen LogP) is 3.54. The smallest absolute Gasteiger partial charge is 0.0552 e. The van der Waals surface area contributed by atoms with Crippen LogP contribution in [0.3, 0.4) is 0 Å². The molecule has 1 aromatic heterocycles. The fraction of sp³-hybridized carbons (Fsp3) is 0.353. The molecular weight excluding hydrogens is 232 g/mol. The van der Waals surface area contributed by atoms with Crippen LogP contribution >= 0.6 is 0 Å². The van der Waals surface area contributed by atoms with Crippen molar-refractivity contribution in [3.8, 4) is 0 Å². The van der Waals surface area contributed by atoms with Crippen molar-refractivity contribution in [3.05, 3.63) is 60.4 Å². The lowest BCUT2D eigenvalue weighted by atomic mass is 9.90. The first kappa shape index (κ1) is 12.2. The second kappa shape index (κ2) is 5.87. The van der Waals surface area contributed by atoms with E-state index in [1.807, 2.05) is 18.5 Å². The summed E-state index contributed by atoms with van der Waals surface area (Å²) in [7, 11) is 0. The Hall–Kier alpha value is -1.83. The zero-order chi connectivity index (χ0) is 12.9. The molecule has 0 unspecified atom stereocenters. The summed E-state index contributed by atoms with van der Waals surface area (Å²) < 4.78 is 0. The molecule has 1 saturated heterocycles. The van der Waals surface area contributed by atoms with Crippen LogP contribution in [0.1, 0.15) is 18.4 Å². The van der Waals surface area contributed by atoms with Gasteiger partial charge in [-0.05, 0) is 42.9 Å². The highest BCUT2D eigenvalue weighted by atomic mass is 15.1. The van der Waals surface area contributed by atoms with Gasteiger partial charge in [-0.25, -0.2) is 0 Å². The largest absolute Gasteiger partial charge is 0.370 e. The maximum absolute atomic E-state index is 4.20. The van der Waals surface area contributed by atoms with E-state index in [1.165, 1.54) is 30.5 Å². The van der Waals surface area contributed by atoms with Gasteiger partial charge >= 0.3 is 0 Å². The second-order valence-electron chi connectivity index (χ2n) is 5.33. The summed E-state index contributed by atoms with van der Waals surface area (Å²) in [5, 5.41) is 0. The summed E-state index contributed by atoms with van der Waals surface area (Å²) in [6.45, 7) is 2.31. The van der Waals surface area contributed by atoms with Crippen molar-refractivity contribution >= 4 is 5.69 Å². The van der Waals surface area contributed by atoms with Crippen molar-refractivity contribution in [3.63, 3.8) is 0 Å². The van der Waals surface area contributed by atoms with Gasteiger partial charge < -0.3 is 4.90 Å². The van der Waals surface area contributed by atoms with Crippen LogP contribution in [0.4, 0.5) is 5.69 Å². The molecule has 0 radical (unpaired) electrons. The van der Waals surface area contributed by atoms with Crippen LogP contribution in [0.2, 0.25) is 0 Å². The molecule has 3 rings (SSSR count). The van der Waals surface area contributed by atoms with Gasteiger partial charge in [-0.3, -0.25) is 4.98 Å². The summed E-state index contributed by atoms with van der Waals surface area (Å²) in [6.07, 6.45) is 7.60. The van der Waals surface area contributed by atoms with E-state index in [9.17, 15) is 0 Å². The molecule has 0 spiro atoms. The van der Waals surface area contributed by atoms with Gasteiger partial charge in [0, 0.05) is 19.3 Å². The highest BCUT2D eigenvalue weighted by Gasteiger charge is 2.19. The molecule has 0 aliphatic carbocycles. The number of rotatable bonds is 3. The highest BCUT2D eigenvalue weighted by molar-refractivity contribution is 5.43. The maximum Gasteiger partial charge on any atom is 0.0552 e. The summed E-state index contributed by atoms with van der Waals surface area (Å²) in [5.74, 6) is 0.829. The summed E-state index contributed by atoms with van der Waals surface area (Å²) in [6, 6.07) is 15.0. The van der Waals surface area contributed by atoms with Gasteiger partial charge in [-0.1, -0.05) is 30.3 Å². The van der Waals surface area contributed by atoms with Gasteiger partial charge in [0.15, 0.2) is 0 Å². The first-order valence-electron chi connectivity index (χ1n) is 7.11. The Morgan fingerprint density at radius 1 is 1.00 bits per heavy atom. The normalized spacial score (nSPS) is 16.5. The highest BCUT2D eigenvalue weighted by Crippen LogP contribution is 2.25. The van der Waals surface area contributed by atoms with Gasteiger partial charge in [0.25, 0.3) is 0 Å². The third kappa shape index (κ3) is 3.14. The third-order valence-corrected chi connectivity index (χ3v) is 3.99. The molecule has 1 aliphatic heterocycles. The fourth-order valence-corrected chi connectivity index (χ4v) is 2.88. The minimum absolute atomic E-state index is 0.829. The van der Waals surface area contributed by atoms with E-state index >= 15 is 0 Å². The third-order valence-electron chi connectivity index (χ3n) is 3.99. The molecule has 2 nitrogen and oxygen atoms in total. The van der Waals surface area contributed by atoms with E-state index in [0.29, 0.717) is 0 Å². The molecule has 0 atom stereocenters. The van der Waals surface area contributed by atoms with Crippen LogP contribution < -0.4 is 4.90 Å². The molecule has 1 aliphatic rings. The van der Waals surface area contributed by atoms with Crippen LogP contribution in [0.25, 0.3) is 0 Å². The number of benzene rings is 1. The number of aromatic nitrogens is 1. The number of anilines is 1. The number of piperidine rings is 1. The summed E-state index contributed by atoms with van der Waals surface area (Å²) >= 11 is 0. The number of hydrogen-bond acceptors (Lipinski definition) is 2. The topological polar surface area (TPSA) is 16.1 Å². The molecular formula is C17H20N2. The van der Waals surface area contributed by atoms with Gasteiger partial charge in [0.2, 0.25) is 0 Å². The molecule has 0 saturated carbocycles. The minimum atomic E-state index is 0.829. The van der Waals surface area contributed by atoms with Crippen LogP contribution in [-0.2, 0) is 6.42 Å². The average molecular weight is 252 g/mol. The van der Waals surface area contributed by atoms with Gasteiger partial charge in [-0.2, -0.15) is 0 Å².